The van der Waals surface area contributed by atoms with Crippen molar-refractivity contribution in [3.05, 3.63) is 64.3 Å². The van der Waals surface area contributed by atoms with Crippen molar-refractivity contribution < 1.29 is 23.5 Å². The molecule has 1 amide bonds. The van der Waals surface area contributed by atoms with Gasteiger partial charge in [0.15, 0.2) is 0 Å². The zero-order chi connectivity index (χ0) is 19.6. The second-order valence-corrected chi connectivity index (χ2v) is 7.21. The second kappa shape index (κ2) is 7.75. The fraction of sp³-hybridized carbons (Fsp3) is 0.200. The molecule has 0 unspecified atom stereocenters. The van der Waals surface area contributed by atoms with E-state index in [0.29, 0.717) is 31.8 Å². The lowest BCUT2D eigenvalue weighted by Crippen LogP contribution is -2.13. The lowest BCUT2D eigenvalue weighted by molar-refractivity contribution is 0.0381. The number of hydrogen-bond acceptors (Lipinski definition) is 5. The van der Waals surface area contributed by atoms with Gasteiger partial charge in [0.2, 0.25) is 5.91 Å². The van der Waals surface area contributed by atoms with Crippen LogP contribution in [0.3, 0.4) is 0 Å². The van der Waals surface area contributed by atoms with E-state index < -0.39 is 17.7 Å². The Morgan fingerprint density at radius 3 is 2.48 bits per heavy atom. The summed E-state index contributed by atoms with van der Waals surface area (Å²) in [5, 5.41) is 0.354. The summed E-state index contributed by atoms with van der Waals surface area (Å²) in [6, 6.07) is 11.0. The van der Waals surface area contributed by atoms with Crippen molar-refractivity contribution in [2.75, 3.05) is 0 Å². The lowest BCUT2D eigenvalue weighted by Gasteiger charge is -2.10. The predicted octanol–water partition coefficient (Wildman–Crippen LogP) is 4.28. The molecule has 27 heavy (non-hydrogen) atoms. The molecule has 0 aliphatic rings. The fourth-order valence-corrected chi connectivity index (χ4v) is 3.71. The van der Waals surface area contributed by atoms with Gasteiger partial charge in [0.25, 0.3) is 0 Å². The molecule has 7 heteroatoms. The fourth-order valence-electron chi connectivity index (χ4n) is 2.61. The van der Waals surface area contributed by atoms with Gasteiger partial charge in [-0.1, -0.05) is 6.07 Å². The third kappa shape index (κ3) is 4.09. The number of hydrogen-bond donors (Lipinski definition) is 1. The summed E-state index contributed by atoms with van der Waals surface area (Å²) >= 11 is 1.17. The molecular formula is C20H18FNO4S. The van der Waals surface area contributed by atoms with Crippen LogP contribution in [-0.4, -0.2) is 18.0 Å². The van der Waals surface area contributed by atoms with Crippen LogP contribution in [0.15, 0.2) is 42.5 Å². The Hall–Kier alpha value is -2.93. The zero-order valence-electron chi connectivity index (χ0n) is 14.8. The standard InChI is InChI=1S/C20H18FNO4S/c1-11(2)26-20(24)18-14(17-15(21)4-3-5-16(17)27-18)10-25-13-8-6-12(7-9-13)19(22)23/h3-9,11H,10H2,1-2H3,(H2,22,23). The van der Waals surface area contributed by atoms with E-state index in [1.807, 2.05) is 0 Å². The van der Waals surface area contributed by atoms with Gasteiger partial charge in [0.1, 0.15) is 23.1 Å². The first-order chi connectivity index (χ1) is 12.9. The van der Waals surface area contributed by atoms with Crippen LogP contribution in [-0.2, 0) is 11.3 Å². The van der Waals surface area contributed by atoms with E-state index in [1.165, 1.54) is 29.5 Å². The maximum Gasteiger partial charge on any atom is 0.349 e. The van der Waals surface area contributed by atoms with Crippen LogP contribution in [0.1, 0.15) is 39.4 Å². The highest BCUT2D eigenvalue weighted by atomic mass is 32.1. The minimum absolute atomic E-state index is 0.0145. The van der Waals surface area contributed by atoms with Crippen molar-refractivity contribution in [1.82, 2.24) is 0 Å². The quantitative estimate of drug-likeness (QED) is 0.640. The molecule has 0 fully saturated rings. The van der Waals surface area contributed by atoms with Crippen molar-refractivity contribution in [2.24, 2.45) is 5.73 Å². The number of carbonyl (C=O) groups is 2. The first kappa shape index (κ1) is 18.8. The maximum atomic E-state index is 14.4. The van der Waals surface area contributed by atoms with Crippen molar-refractivity contribution in [1.29, 1.82) is 0 Å². The minimum atomic E-state index is -0.536. The Labute approximate surface area is 159 Å². The monoisotopic (exact) mass is 387 g/mol. The highest BCUT2D eigenvalue weighted by molar-refractivity contribution is 7.21. The second-order valence-electron chi connectivity index (χ2n) is 6.15. The summed E-state index contributed by atoms with van der Waals surface area (Å²) in [6.07, 6.45) is -0.289. The van der Waals surface area contributed by atoms with E-state index in [-0.39, 0.29) is 12.7 Å². The summed E-state index contributed by atoms with van der Waals surface area (Å²) in [7, 11) is 0. The molecule has 2 aromatic carbocycles. The third-order valence-electron chi connectivity index (χ3n) is 3.81. The Morgan fingerprint density at radius 2 is 1.85 bits per heavy atom. The van der Waals surface area contributed by atoms with Gasteiger partial charge in [-0.3, -0.25) is 4.79 Å². The molecule has 3 aromatic rings. The number of nitrogens with two attached hydrogens (primary N) is 1. The van der Waals surface area contributed by atoms with Gasteiger partial charge in [-0.25, -0.2) is 9.18 Å². The van der Waals surface area contributed by atoms with E-state index in [0.717, 1.165) is 0 Å². The van der Waals surface area contributed by atoms with Gasteiger partial charge in [0, 0.05) is 21.2 Å². The number of fused-ring (bicyclic) bond motifs is 1. The van der Waals surface area contributed by atoms with Gasteiger partial charge in [-0.05, 0) is 50.2 Å². The third-order valence-corrected chi connectivity index (χ3v) is 4.99. The van der Waals surface area contributed by atoms with Crippen LogP contribution in [0.25, 0.3) is 10.1 Å². The number of esters is 1. The van der Waals surface area contributed by atoms with Crippen LogP contribution in [0.2, 0.25) is 0 Å². The van der Waals surface area contributed by atoms with E-state index in [1.54, 1.807) is 38.1 Å². The summed E-state index contributed by atoms with van der Waals surface area (Å²) in [6.45, 7) is 3.49. The van der Waals surface area contributed by atoms with Gasteiger partial charge < -0.3 is 15.2 Å². The minimum Gasteiger partial charge on any atom is -0.489 e. The molecule has 0 aliphatic heterocycles. The average molecular weight is 387 g/mol. The highest BCUT2D eigenvalue weighted by Crippen LogP contribution is 2.34. The molecule has 0 atom stereocenters. The SMILES string of the molecule is CC(C)OC(=O)c1sc2cccc(F)c2c1COc1ccc(C(N)=O)cc1. The molecule has 1 heterocycles. The number of halogens is 1. The van der Waals surface area contributed by atoms with E-state index in [2.05, 4.69) is 0 Å². The molecule has 140 valence electrons. The maximum absolute atomic E-state index is 14.4. The van der Waals surface area contributed by atoms with Gasteiger partial charge >= 0.3 is 5.97 Å². The van der Waals surface area contributed by atoms with E-state index in [9.17, 15) is 14.0 Å². The molecule has 2 N–H and O–H groups in total. The number of amides is 1. The first-order valence-electron chi connectivity index (χ1n) is 8.30. The van der Waals surface area contributed by atoms with Gasteiger partial charge in [0.05, 0.1) is 6.10 Å². The highest BCUT2D eigenvalue weighted by Gasteiger charge is 2.23. The van der Waals surface area contributed by atoms with Crippen molar-refractivity contribution >= 4 is 33.3 Å². The Kier molecular flexibility index (Phi) is 5.41. The molecule has 3 rings (SSSR count). The smallest absolute Gasteiger partial charge is 0.349 e. The Morgan fingerprint density at radius 1 is 1.15 bits per heavy atom. The van der Waals surface area contributed by atoms with E-state index in [4.69, 9.17) is 15.2 Å². The van der Waals surface area contributed by atoms with Crippen LogP contribution in [0.5, 0.6) is 5.75 Å². The summed E-state index contributed by atoms with van der Waals surface area (Å²) < 4.78 is 26.1. The molecular weight excluding hydrogens is 369 g/mol. The topological polar surface area (TPSA) is 78.6 Å². The molecule has 0 saturated heterocycles. The number of thiophene rings is 1. The van der Waals surface area contributed by atoms with E-state index >= 15 is 0 Å². The predicted molar refractivity (Wildman–Crippen MR) is 102 cm³/mol. The summed E-state index contributed by atoms with van der Waals surface area (Å²) in [5.74, 6) is -0.992. The molecule has 5 nitrogen and oxygen atoms in total. The van der Waals surface area contributed by atoms with Crippen molar-refractivity contribution in [3.8, 4) is 5.75 Å². The van der Waals surface area contributed by atoms with Crippen LogP contribution < -0.4 is 10.5 Å². The normalized spacial score (nSPS) is 11.0. The number of benzene rings is 2. The van der Waals surface area contributed by atoms with Crippen LogP contribution in [0.4, 0.5) is 4.39 Å². The van der Waals surface area contributed by atoms with Gasteiger partial charge in [-0.2, -0.15) is 0 Å². The number of primary amides is 1. The van der Waals surface area contributed by atoms with Crippen molar-refractivity contribution in [2.45, 2.75) is 26.6 Å². The molecule has 0 saturated carbocycles. The first-order valence-corrected chi connectivity index (χ1v) is 9.12. The largest absolute Gasteiger partial charge is 0.489 e. The van der Waals surface area contributed by atoms with Crippen LogP contribution >= 0.6 is 11.3 Å². The van der Waals surface area contributed by atoms with Crippen molar-refractivity contribution in [3.63, 3.8) is 0 Å². The average Bonchev–Trinajstić information content (AvgIpc) is 3.00. The molecule has 0 spiro atoms. The zero-order valence-corrected chi connectivity index (χ0v) is 15.6. The summed E-state index contributed by atoms with van der Waals surface area (Å²) in [5.41, 5.74) is 6.01. The summed E-state index contributed by atoms with van der Waals surface area (Å²) in [4.78, 5) is 23.9. The number of rotatable bonds is 6. The molecule has 0 aliphatic carbocycles. The van der Waals surface area contributed by atoms with Crippen LogP contribution in [0, 0.1) is 5.82 Å². The molecule has 1 aromatic heterocycles. The van der Waals surface area contributed by atoms with Gasteiger partial charge in [-0.15, -0.1) is 11.3 Å². The Balaban J connectivity index is 1.93. The Bertz CT molecular complexity index is 995. The molecule has 0 radical (unpaired) electrons. The molecule has 0 bridgehead atoms. The lowest BCUT2D eigenvalue weighted by atomic mass is 10.1. The number of ether oxygens (including phenoxy) is 2. The number of carbonyl (C=O) groups excluding carboxylic acids is 2.